The van der Waals surface area contributed by atoms with Crippen molar-refractivity contribution in [3.05, 3.63) is 52.9 Å². The number of piperidine rings is 1. The second-order valence-electron chi connectivity index (χ2n) is 13.7. The van der Waals surface area contributed by atoms with Crippen LogP contribution < -0.4 is 10.2 Å². The van der Waals surface area contributed by atoms with Gasteiger partial charge in [0.1, 0.15) is 27.8 Å². The molecule has 45 heavy (non-hydrogen) atoms. The number of hydrogen-bond acceptors (Lipinski definition) is 8. The molecule has 246 valence electrons. The molecule has 0 amide bonds. The van der Waals surface area contributed by atoms with Gasteiger partial charge < -0.3 is 20.2 Å². The van der Waals surface area contributed by atoms with E-state index in [2.05, 4.69) is 27.1 Å². The van der Waals surface area contributed by atoms with Crippen LogP contribution in [0.25, 0.3) is 6.08 Å². The number of rotatable bonds is 1. The number of fused-ring (bicyclic) bond motifs is 9. The molecule has 3 atom stereocenters. The van der Waals surface area contributed by atoms with E-state index in [1.54, 1.807) is 18.2 Å². The van der Waals surface area contributed by atoms with E-state index < -0.39 is 27.9 Å². The Bertz CT molecular complexity index is 1480. The summed E-state index contributed by atoms with van der Waals surface area (Å²) in [7, 11) is -3.06. The molecule has 7 rings (SSSR count). The fourth-order valence-corrected chi connectivity index (χ4v) is 9.17. The van der Waals surface area contributed by atoms with Gasteiger partial charge in [-0.05, 0) is 93.7 Å². The lowest BCUT2D eigenvalue weighted by Gasteiger charge is -2.39. The maximum absolute atomic E-state index is 15.9. The zero-order chi connectivity index (χ0) is 31.8. The van der Waals surface area contributed by atoms with Gasteiger partial charge in [-0.25, -0.2) is 27.2 Å². The number of sulfone groups is 1. The van der Waals surface area contributed by atoms with Gasteiger partial charge in [-0.15, -0.1) is 0 Å². The predicted octanol–water partition coefficient (Wildman–Crippen LogP) is 6.01. The number of anilines is 2. The van der Waals surface area contributed by atoms with E-state index in [0.29, 0.717) is 62.9 Å². The molecule has 6 heterocycles. The number of nitrogens with zero attached hydrogens (tertiary/aromatic N) is 4. The monoisotopic (exact) mass is 643 g/mol. The first-order valence-electron chi connectivity index (χ1n) is 16.7. The van der Waals surface area contributed by atoms with Crippen molar-refractivity contribution in [3.63, 3.8) is 0 Å². The van der Waals surface area contributed by atoms with Gasteiger partial charge >= 0.3 is 0 Å². The molecule has 0 spiro atoms. The van der Waals surface area contributed by atoms with Gasteiger partial charge in [-0.2, -0.15) is 0 Å². The molecule has 11 heteroatoms. The van der Waals surface area contributed by atoms with E-state index in [1.165, 1.54) is 6.33 Å². The molecule has 2 N–H and O–H groups in total. The summed E-state index contributed by atoms with van der Waals surface area (Å²) in [6, 6.07) is 6.43. The number of hydrogen-bond donors (Lipinski definition) is 2. The summed E-state index contributed by atoms with van der Waals surface area (Å²) in [6.45, 7) is 7.14. The third-order valence-corrected chi connectivity index (χ3v) is 12.2. The second-order valence-corrected chi connectivity index (χ2v) is 16.0. The molecule has 1 aromatic heterocycles. The average molecular weight is 644 g/mol. The number of nitrogens with one attached hydrogen (secondary N) is 1. The Hall–Kier alpha value is -2.63. The molecule has 0 saturated carbocycles. The third kappa shape index (κ3) is 7.05. The van der Waals surface area contributed by atoms with Crippen molar-refractivity contribution in [2.24, 2.45) is 17.8 Å². The van der Waals surface area contributed by atoms with Crippen LogP contribution in [0.3, 0.4) is 0 Å². The number of aliphatic hydroxyl groups excluding tert-OH is 1. The molecule has 8 nitrogen and oxygen atoms in total. The van der Waals surface area contributed by atoms with E-state index >= 15 is 8.78 Å². The lowest BCUT2D eigenvalue weighted by Crippen LogP contribution is -2.43. The van der Waals surface area contributed by atoms with E-state index in [1.807, 2.05) is 24.0 Å². The number of benzene rings is 1. The minimum absolute atomic E-state index is 0.0554. The zero-order valence-corrected chi connectivity index (χ0v) is 27.3. The van der Waals surface area contributed by atoms with Crippen LogP contribution in [0.2, 0.25) is 0 Å². The molecule has 8 bridgehead atoms. The second kappa shape index (κ2) is 13.2. The minimum Gasteiger partial charge on any atom is -0.370 e. The van der Waals surface area contributed by atoms with Crippen molar-refractivity contribution < 1.29 is 22.3 Å². The standard InChI is InChI=1S/C34H47F2N5O3S/c1-23-7-4-3-5-14-41-32-30(20-29(33(41)42)25-12-17-45(43,44)18-13-25)31(37-22-38-32)39-24(2)26-8-6-9-28(19-26)34(35,36)27-10-15-40(21-23)16-11-27/h6,8-9,19-20,22-25,27,33,42H,3-5,7,10-18,21H2,1-2H3,(H,37,38,39)/t23?,24-,33?/m1/s1. The summed E-state index contributed by atoms with van der Waals surface area (Å²) in [4.78, 5) is 13.5. The van der Waals surface area contributed by atoms with Gasteiger partial charge in [0.05, 0.1) is 17.1 Å². The lowest BCUT2D eigenvalue weighted by molar-refractivity contribution is -0.0862. The topological polar surface area (TPSA) is 98.7 Å². The van der Waals surface area contributed by atoms with Gasteiger partial charge in [0.25, 0.3) is 5.92 Å². The summed E-state index contributed by atoms with van der Waals surface area (Å²) in [5.41, 5.74) is 2.33. The fraction of sp³-hybridized carbons (Fsp3) is 0.647. The van der Waals surface area contributed by atoms with Crippen molar-refractivity contribution >= 4 is 27.5 Å². The largest absolute Gasteiger partial charge is 0.370 e. The summed E-state index contributed by atoms with van der Waals surface area (Å²) >= 11 is 0. The van der Waals surface area contributed by atoms with Crippen molar-refractivity contribution in [1.29, 1.82) is 0 Å². The molecule has 2 saturated heterocycles. The lowest BCUT2D eigenvalue weighted by atomic mass is 9.85. The SMILES string of the molecule is CC1CCCCCN2c3ncnc(c3C=C(C3CCS(=O)(=O)CC3)C2O)N[C@H](C)c2cccc(c2)C(F)(F)C2CCN(CC2)C1. The first kappa shape index (κ1) is 32.3. The van der Waals surface area contributed by atoms with E-state index in [0.717, 1.165) is 48.9 Å². The molecule has 0 aliphatic carbocycles. The Morgan fingerprint density at radius 2 is 1.73 bits per heavy atom. The first-order valence-corrected chi connectivity index (χ1v) is 18.5. The van der Waals surface area contributed by atoms with Crippen molar-refractivity contribution in [2.75, 3.05) is 47.9 Å². The Labute approximate surface area is 266 Å². The summed E-state index contributed by atoms with van der Waals surface area (Å²) in [5.74, 6) is -1.77. The van der Waals surface area contributed by atoms with Crippen LogP contribution in [-0.4, -0.2) is 72.3 Å². The van der Waals surface area contributed by atoms with Crippen LogP contribution in [0.15, 0.2) is 36.2 Å². The minimum atomic E-state index is -3.06. The van der Waals surface area contributed by atoms with Gasteiger partial charge in [0.15, 0.2) is 6.23 Å². The number of alkyl halides is 2. The Morgan fingerprint density at radius 1 is 0.978 bits per heavy atom. The van der Waals surface area contributed by atoms with Crippen LogP contribution in [0.1, 0.15) is 87.9 Å². The van der Waals surface area contributed by atoms with Crippen molar-refractivity contribution in [3.8, 4) is 0 Å². The highest BCUT2D eigenvalue weighted by atomic mass is 32.2. The van der Waals surface area contributed by atoms with E-state index in [9.17, 15) is 13.5 Å². The number of aliphatic hydroxyl groups is 1. The molecule has 2 unspecified atom stereocenters. The molecule has 1 aromatic carbocycles. The zero-order valence-electron chi connectivity index (χ0n) is 26.5. The van der Waals surface area contributed by atoms with Crippen LogP contribution in [-0.2, 0) is 15.8 Å². The molecule has 5 aliphatic heterocycles. The third-order valence-electron chi connectivity index (χ3n) is 10.5. The van der Waals surface area contributed by atoms with E-state index in [-0.39, 0.29) is 29.0 Å². The molecule has 5 aliphatic rings. The maximum atomic E-state index is 15.9. The van der Waals surface area contributed by atoms with Gasteiger partial charge in [-0.3, -0.25) is 0 Å². The molecule has 2 aromatic rings. The predicted molar refractivity (Wildman–Crippen MR) is 174 cm³/mol. The van der Waals surface area contributed by atoms with Crippen molar-refractivity contribution in [1.82, 2.24) is 14.9 Å². The normalized spacial score (nSPS) is 30.9. The van der Waals surface area contributed by atoms with Crippen LogP contribution in [0.4, 0.5) is 20.4 Å². The first-order chi connectivity index (χ1) is 21.5. The molecule has 0 radical (unpaired) electrons. The van der Waals surface area contributed by atoms with E-state index in [4.69, 9.17) is 0 Å². The highest BCUT2D eigenvalue weighted by Crippen LogP contribution is 2.43. The quantitative estimate of drug-likeness (QED) is 0.390. The van der Waals surface area contributed by atoms with Crippen LogP contribution in [0.5, 0.6) is 0 Å². The smallest absolute Gasteiger partial charge is 0.276 e. The highest BCUT2D eigenvalue weighted by Gasteiger charge is 2.43. The van der Waals surface area contributed by atoms with Crippen LogP contribution >= 0.6 is 0 Å². The van der Waals surface area contributed by atoms with Crippen molar-refractivity contribution in [2.45, 2.75) is 83.4 Å². The number of halogens is 2. The molecule has 2 fully saturated rings. The molecular weight excluding hydrogens is 596 g/mol. The summed E-state index contributed by atoms with van der Waals surface area (Å²) in [6.07, 6.45) is 8.44. The van der Waals surface area contributed by atoms with Crippen LogP contribution in [0, 0.1) is 17.8 Å². The summed E-state index contributed by atoms with van der Waals surface area (Å²) in [5, 5.41) is 15.1. The fourth-order valence-electron chi connectivity index (χ4n) is 7.68. The van der Waals surface area contributed by atoms with Gasteiger partial charge in [-0.1, -0.05) is 38.0 Å². The summed E-state index contributed by atoms with van der Waals surface area (Å²) < 4.78 is 56.2. The number of aromatic nitrogens is 2. The average Bonchev–Trinajstić information content (AvgIpc) is 3.02. The maximum Gasteiger partial charge on any atom is 0.276 e. The van der Waals surface area contributed by atoms with Gasteiger partial charge in [0, 0.05) is 30.6 Å². The Balaban J connectivity index is 1.34. The molecular formula is C34H47F2N5O3S. The Morgan fingerprint density at radius 3 is 2.49 bits per heavy atom. The Kier molecular flexibility index (Phi) is 9.51. The highest BCUT2D eigenvalue weighted by molar-refractivity contribution is 7.91. The van der Waals surface area contributed by atoms with Gasteiger partial charge in [0.2, 0.25) is 0 Å².